The zero-order valence-corrected chi connectivity index (χ0v) is 5.46. The van der Waals surface area contributed by atoms with Crippen LogP contribution in [0.4, 0.5) is 11.4 Å². The van der Waals surface area contributed by atoms with Crippen LogP contribution in [0.25, 0.3) is 0 Å². The second-order valence-corrected chi connectivity index (χ2v) is 1.87. The van der Waals surface area contributed by atoms with Gasteiger partial charge in [-0.25, -0.2) is 0 Å². The molecule has 54 valence electrons. The highest BCUT2D eigenvalue weighted by Crippen LogP contribution is 2.10. The van der Waals surface area contributed by atoms with Crippen LogP contribution in [0, 0.1) is 0 Å². The molecule has 0 bridgehead atoms. The Morgan fingerprint density at radius 3 is 1.30 bits per heavy atom. The number of nitrogens with one attached hydrogen (secondary N) is 2. The van der Waals surface area contributed by atoms with Gasteiger partial charge in [0.1, 0.15) is 0 Å². The Balaban J connectivity index is 2.80. The second kappa shape index (κ2) is 3.05. The summed E-state index contributed by atoms with van der Waals surface area (Å²) < 4.78 is 0. The number of nitrogen functional groups attached to an aromatic ring is 2. The molecular weight excluding hydrogens is 128 g/mol. The SMILES string of the molecule is NNc1ccc(NN)cc1. The summed E-state index contributed by atoms with van der Waals surface area (Å²) in [6, 6.07) is 7.31. The van der Waals surface area contributed by atoms with Crippen molar-refractivity contribution in [2.24, 2.45) is 11.7 Å². The standard InChI is InChI=1S/C6H10N4/c7-9-5-1-2-6(10-8)4-3-5/h1-4,9-10H,7-8H2. The molecule has 0 unspecified atom stereocenters. The van der Waals surface area contributed by atoms with E-state index in [1.54, 1.807) is 0 Å². The monoisotopic (exact) mass is 138 g/mol. The normalized spacial score (nSPS) is 9.00. The van der Waals surface area contributed by atoms with Gasteiger partial charge in [0.2, 0.25) is 0 Å². The smallest absolute Gasteiger partial charge is 0.0486 e. The third-order valence-corrected chi connectivity index (χ3v) is 1.22. The largest absolute Gasteiger partial charge is 0.324 e. The molecule has 0 saturated heterocycles. The minimum Gasteiger partial charge on any atom is -0.324 e. The summed E-state index contributed by atoms with van der Waals surface area (Å²) in [6.45, 7) is 0. The Bertz CT molecular complexity index is 170. The molecule has 0 spiro atoms. The number of anilines is 2. The average molecular weight is 138 g/mol. The summed E-state index contributed by atoms with van der Waals surface area (Å²) >= 11 is 0. The molecule has 0 aromatic heterocycles. The molecule has 0 fully saturated rings. The van der Waals surface area contributed by atoms with Crippen molar-refractivity contribution in [3.8, 4) is 0 Å². The molecule has 0 saturated carbocycles. The van der Waals surface area contributed by atoms with Crippen LogP contribution in [0.15, 0.2) is 24.3 Å². The van der Waals surface area contributed by atoms with Crippen LogP contribution in [-0.2, 0) is 0 Å². The number of benzene rings is 1. The van der Waals surface area contributed by atoms with E-state index in [2.05, 4.69) is 10.9 Å². The first-order valence-corrected chi connectivity index (χ1v) is 2.90. The van der Waals surface area contributed by atoms with Crippen LogP contribution >= 0.6 is 0 Å². The zero-order chi connectivity index (χ0) is 7.40. The predicted molar refractivity (Wildman–Crippen MR) is 42.1 cm³/mol. The minimum atomic E-state index is 0.860. The Morgan fingerprint density at radius 2 is 1.10 bits per heavy atom. The third kappa shape index (κ3) is 1.37. The van der Waals surface area contributed by atoms with E-state index < -0.39 is 0 Å². The summed E-state index contributed by atoms with van der Waals surface area (Å²) in [5, 5.41) is 0. The molecule has 1 aromatic carbocycles. The van der Waals surface area contributed by atoms with Gasteiger partial charge in [-0.3, -0.25) is 11.7 Å². The topological polar surface area (TPSA) is 76.1 Å². The molecule has 0 aliphatic rings. The number of rotatable bonds is 2. The van der Waals surface area contributed by atoms with Crippen molar-refractivity contribution >= 4 is 11.4 Å². The van der Waals surface area contributed by atoms with Crippen molar-refractivity contribution in [3.63, 3.8) is 0 Å². The van der Waals surface area contributed by atoms with Gasteiger partial charge < -0.3 is 10.9 Å². The summed E-state index contributed by atoms with van der Waals surface area (Å²) in [5.41, 5.74) is 6.74. The highest BCUT2D eigenvalue weighted by molar-refractivity contribution is 5.52. The molecule has 0 aliphatic heterocycles. The van der Waals surface area contributed by atoms with Gasteiger partial charge in [-0.1, -0.05) is 0 Å². The van der Waals surface area contributed by atoms with E-state index in [1.807, 2.05) is 24.3 Å². The number of hydrogen-bond donors (Lipinski definition) is 4. The lowest BCUT2D eigenvalue weighted by atomic mass is 10.3. The number of nitrogens with two attached hydrogens (primary N) is 2. The Labute approximate surface area is 59.2 Å². The average Bonchev–Trinajstić information content (AvgIpc) is 2.05. The van der Waals surface area contributed by atoms with Gasteiger partial charge in [0.15, 0.2) is 0 Å². The summed E-state index contributed by atoms with van der Waals surface area (Å²) in [7, 11) is 0. The van der Waals surface area contributed by atoms with Crippen LogP contribution in [0.1, 0.15) is 0 Å². The molecule has 0 aliphatic carbocycles. The molecule has 0 amide bonds. The first-order valence-electron chi connectivity index (χ1n) is 2.90. The minimum absolute atomic E-state index is 0.860. The maximum absolute atomic E-state index is 5.14. The Hall–Kier alpha value is -1.26. The van der Waals surface area contributed by atoms with E-state index in [9.17, 15) is 0 Å². The van der Waals surface area contributed by atoms with Crippen molar-refractivity contribution in [1.82, 2.24) is 0 Å². The van der Waals surface area contributed by atoms with Crippen LogP contribution in [0.5, 0.6) is 0 Å². The first-order chi connectivity index (χ1) is 4.86. The fraction of sp³-hybridized carbons (Fsp3) is 0. The lowest BCUT2D eigenvalue weighted by molar-refractivity contribution is 1.32. The van der Waals surface area contributed by atoms with Crippen molar-refractivity contribution < 1.29 is 0 Å². The molecule has 1 rings (SSSR count). The van der Waals surface area contributed by atoms with E-state index >= 15 is 0 Å². The molecule has 0 atom stereocenters. The van der Waals surface area contributed by atoms with Crippen LogP contribution in [0.3, 0.4) is 0 Å². The van der Waals surface area contributed by atoms with E-state index in [4.69, 9.17) is 11.7 Å². The van der Waals surface area contributed by atoms with Crippen LogP contribution < -0.4 is 22.5 Å². The predicted octanol–water partition coefficient (Wildman–Crippen LogP) is 0.258. The second-order valence-electron chi connectivity index (χ2n) is 1.87. The summed E-state index contributed by atoms with van der Waals surface area (Å²) in [4.78, 5) is 0. The molecular formula is C6H10N4. The van der Waals surface area contributed by atoms with Crippen LogP contribution in [0.2, 0.25) is 0 Å². The van der Waals surface area contributed by atoms with Crippen molar-refractivity contribution in [1.29, 1.82) is 0 Å². The lowest BCUT2D eigenvalue weighted by Crippen LogP contribution is -2.08. The van der Waals surface area contributed by atoms with Crippen molar-refractivity contribution in [3.05, 3.63) is 24.3 Å². The van der Waals surface area contributed by atoms with Crippen molar-refractivity contribution in [2.45, 2.75) is 0 Å². The quantitative estimate of drug-likeness (QED) is 0.349. The third-order valence-electron chi connectivity index (χ3n) is 1.22. The molecule has 6 N–H and O–H groups in total. The number of hydrazine groups is 2. The fourth-order valence-electron chi connectivity index (χ4n) is 0.663. The van der Waals surface area contributed by atoms with Gasteiger partial charge in [0.05, 0.1) is 0 Å². The lowest BCUT2D eigenvalue weighted by Gasteiger charge is -2.00. The molecule has 1 aromatic rings. The molecule has 10 heavy (non-hydrogen) atoms. The molecule has 4 nitrogen and oxygen atoms in total. The highest BCUT2D eigenvalue weighted by atomic mass is 15.2. The van der Waals surface area contributed by atoms with E-state index in [0.29, 0.717) is 0 Å². The Morgan fingerprint density at radius 1 is 0.800 bits per heavy atom. The Kier molecular flexibility index (Phi) is 2.09. The van der Waals surface area contributed by atoms with Gasteiger partial charge in [0, 0.05) is 11.4 Å². The van der Waals surface area contributed by atoms with Crippen molar-refractivity contribution in [2.75, 3.05) is 10.9 Å². The molecule has 0 radical (unpaired) electrons. The first kappa shape index (κ1) is 6.85. The van der Waals surface area contributed by atoms with E-state index in [-0.39, 0.29) is 0 Å². The van der Waals surface area contributed by atoms with E-state index in [0.717, 1.165) is 11.4 Å². The maximum Gasteiger partial charge on any atom is 0.0486 e. The zero-order valence-electron chi connectivity index (χ0n) is 5.46. The summed E-state index contributed by atoms with van der Waals surface area (Å²) in [5.74, 6) is 10.3. The molecule has 4 heteroatoms. The fourth-order valence-corrected chi connectivity index (χ4v) is 0.663. The van der Waals surface area contributed by atoms with Gasteiger partial charge in [-0.15, -0.1) is 0 Å². The number of hydrogen-bond acceptors (Lipinski definition) is 4. The highest BCUT2D eigenvalue weighted by Gasteiger charge is 1.87. The van der Waals surface area contributed by atoms with E-state index in [1.165, 1.54) is 0 Å². The van der Waals surface area contributed by atoms with Gasteiger partial charge in [-0.05, 0) is 24.3 Å². The van der Waals surface area contributed by atoms with Crippen LogP contribution in [-0.4, -0.2) is 0 Å². The molecule has 0 heterocycles. The van der Waals surface area contributed by atoms with Gasteiger partial charge in [0.25, 0.3) is 0 Å². The van der Waals surface area contributed by atoms with Gasteiger partial charge in [-0.2, -0.15) is 0 Å². The summed E-state index contributed by atoms with van der Waals surface area (Å²) in [6.07, 6.45) is 0. The van der Waals surface area contributed by atoms with Gasteiger partial charge >= 0.3 is 0 Å². The maximum atomic E-state index is 5.14.